The van der Waals surface area contributed by atoms with Crippen molar-refractivity contribution in [2.45, 2.75) is 17.7 Å². The lowest BCUT2D eigenvalue weighted by Crippen LogP contribution is -2.39. The normalized spacial score (nSPS) is 16.0. The van der Waals surface area contributed by atoms with Crippen molar-refractivity contribution in [3.8, 4) is 5.75 Å². The van der Waals surface area contributed by atoms with E-state index in [-0.39, 0.29) is 4.90 Å². The van der Waals surface area contributed by atoms with Gasteiger partial charge >= 0.3 is 0 Å². The number of nitrogens with one attached hydrogen (secondary N) is 1. The van der Waals surface area contributed by atoms with Crippen LogP contribution in [0.25, 0.3) is 0 Å². The van der Waals surface area contributed by atoms with E-state index >= 15 is 0 Å². The quantitative estimate of drug-likeness (QED) is 0.842. The molecule has 2 heterocycles. The number of sulfonamides is 1. The van der Waals surface area contributed by atoms with Gasteiger partial charge in [0.25, 0.3) is 0 Å². The van der Waals surface area contributed by atoms with E-state index in [1.165, 1.54) is 7.11 Å². The van der Waals surface area contributed by atoms with Crippen molar-refractivity contribution >= 4 is 16.0 Å². The number of hydrogen-bond donors (Lipinski definition) is 1. The van der Waals surface area contributed by atoms with Crippen molar-refractivity contribution in [3.05, 3.63) is 42.7 Å². The van der Waals surface area contributed by atoms with E-state index in [0.29, 0.717) is 18.2 Å². The van der Waals surface area contributed by atoms with Crippen molar-refractivity contribution in [1.29, 1.82) is 0 Å². The van der Waals surface area contributed by atoms with E-state index < -0.39 is 10.0 Å². The van der Waals surface area contributed by atoms with Gasteiger partial charge in [0.15, 0.2) is 0 Å². The fourth-order valence-electron chi connectivity index (χ4n) is 2.94. The van der Waals surface area contributed by atoms with Crippen LogP contribution >= 0.6 is 0 Å². The monoisotopic (exact) mass is 362 g/mol. The highest BCUT2D eigenvalue weighted by Crippen LogP contribution is 2.24. The van der Waals surface area contributed by atoms with Gasteiger partial charge in [-0.05, 0) is 37.0 Å². The molecular weight excluding hydrogens is 340 g/mol. The molecule has 0 saturated carbocycles. The molecule has 134 valence electrons. The Morgan fingerprint density at radius 2 is 1.84 bits per heavy atom. The standard InChI is InChI=1S/C17H22N4O3S/c1-24-15-5-2-3-6-16(15)25(22,23)20-13-14-7-11-21(12-8-14)17-18-9-4-10-19-17/h2-6,9-10,14,20H,7-8,11-13H2,1H3. The second-order valence-electron chi connectivity index (χ2n) is 5.98. The number of methoxy groups -OCH3 is 1. The van der Waals surface area contributed by atoms with Crippen LogP contribution in [0.3, 0.4) is 0 Å². The van der Waals surface area contributed by atoms with Gasteiger partial charge in [-0.2, -0.15) is 0 Å². The minimum atomic E-state index is -3.58. The first-order chi connectivity index (χ1) is 12.1. The van der Waals surface area contributed by atoms with Crippen molar-refractivity contribution < 1.29 is 13.2 Å². The number of hydrogen-bond acceptors (Lipinski definition) is 6. The predicted molar refractivity (Wildman–Crippen MR) is 95.2 cm³/mol. The minimum Gasteiger partial charge on any atom is -0.495 e. The van der Waals surface area contributed by atoms with Gasteiger partial charge in [-0.25, -0.2) is 23.1 Å². The molecule has 0 unspecified atom stereocenters. The first-order valence-electron chi connectivity index (χ1n) is 8.25. The Hall–Kier alpha value is -2.19. The topological polar surface area (TPSA) is 84.4 Å². The molecule has 1 aromatic carbocycles. The zero-order valence-corrected chi connectivity index (χ0v) is 14.9. The summed E-state index contributed by atoms with van der Waals surface area (Å²) in [5.41, 5.74) is 0. The fourth-order valence-corrected chi connectivity index (χ4v) is 4.22. The Labute approximate surface area is 148 Å². The predicted octanol–water partition coefficient (Wildman–Crippen LogP) is 1.68. The van der Waals surface area contributed by atoms with Gasteiger partial charge in [0.1, 0.15) is 10.6 Å². The average molecular weight is 362 g/mol. The van der Waals surface area contributed by atoms with Gasteiger partial charge in [-0.15, -0.1) is 0 Å². The van der Waals surface area contributed by atoms with Crippen LogP contribution in [0.4, 0.5) is 5.95 Å². The van der Waals surface area contributed by atoms with Crippen molar-refractivity contribution in [2.75, 3.05) is 31.6 Å². The number of anilines is 1. The molecule has 1 N–H and O–H groups in total. The molecule has 0 amide bonds. The zero-order valence-electron chi connectivity index (χ0n) is 14.1. The van der Waals surface area contributed by atoms with Crippen LogP contribution in [0.5, 0.6) is 5.75 Å². The van der Waals surface area contributed by atoms with E-state index in [4.69, 9.17) is 4.74 Å². The van der Waals surface area contributed by atoms with Crippen molar-refractivity contribution in [3.63, 3.8) is 0 Å². The maximum absolute atomic E-state index is 12.5. The van der Waals surface area contributed by atoms with Crippen LogP contribution in [0, 0.1) is 5.92 Å². The van der Waals surface area contributed by atoms with Crippen LogP contribution in [0.15, 0.2) is 47.6 Å². The average Bonchev–Trinajstić information content (AvgIpc) is 2.67. The third kappa shape index (κ3) is 4.26. The molecule has 0 radical (unpaired) electrons. The molecule has 7 nitrogen and oxygen atoms in total. The number of piperidine rings is 1. The smallest absolute Gasteiger partial charge is 0.244 e. The van der Waals surface area contributed by atoms with E-state index in [1.807, 2.05) is 0 Å². The zero-order chi connectivity index (χ0) is 17.7. The minimum absolute atomic E-state index is 0.174. The summed E-state index contributed by atoms with van der Waals surface area (Å²) in [6.07, 6.45) is 5.25. The van der Waals surface area contributed by atoms with E-state index in [1.54, 1.807) is 42.7 Å². The van der Waals surface area contributed by atoms with E-state index in [9.17, 15) is 8.42 Å². The second-order valence-corrected chi connectivity index (χ2v) is 7.72. The summed E-state index contributed by atoms with van der Waals surface area (Å²) < 4.78 is 32.9. The highest BCUT2D eigenvalue weighted by atomic mass is 32.2. The molecule has 1 aliphatic rings. The molecule has 2 aromatic rings. The summed E-state index contributed by atoms with van der Waals surface area (Å²) in [6.45, 7) is 2.07. The van der Waals surface area contributed by atoms with Crippen LogP contribution in [-0.4, -0.2) is 45.1 Å². The molecule has 8 heteroatoms. The maximum atomic E-state index is 12.5. The molecule has 1 aliphatic heterocycles. The number of ether oxygens (including phenoxy) is 1. The molecule has 0 atom stereocenters. The van der Waals surface area contributed by atoms with Gasteiger partial charge < -0.3 is 9.64 Å². The lowest BCUT2D eigenvalue weighted by atomic mass is 9.97. The van der Waals surface area contributed by atoms with E-state index in [0.717, 1.165) is 31.9 Å². The first kappa shape index (κ1) is 17.6. The van der Waals surface area contributed by atoms with E-state index in [2.05, 4.69) is 19.6 Å². The van der Waals surface area contributed by atoms with Gasteiger partial charge in [0.05, 0.1) is 7.11 Å². The third-order valence-electron chi connectivity index (χ3n) is 4.37. The van der Waals surface area contributed by atoms with Crippen LogP contribution in [0.2, 0.25) is 0 Å². The number of nitrogens with zero attached hydrogens (tertiary/aromatic N) is 3. The summed E-state index contributed by atoms with van der Waals surface area (Å²) in [7, 11) is -2.11. The maximum Gasteiger partial charge on any atom is 0.244 e. The SMILES string of the molecule is COc1ccccc1S(=O)(=O)NCC1CCN(c2ncccn2)CC1. The molecular formula is C17H22N4O3S. The second kappa shape index (κ2) is 7.79. The first-order valence-corrected chi connectivity index (χ1v) is 9.73. The summed E-state index contributed by atoms with van der Waals surface area (Å²) in [4.78, 5) is 10.8. The summed E-state index contributed by atoms with van der Waals surface area (Å²) >= 11 is 0. The lowest BCUT2D eigenvalue weighted by Gasteiger charge is -2.31. The Kier molecular flexibility index (Phi) is 5.50. The van der Waals surface area contributed by atoms with Crippen molar-refractivity contribution in [1.82, 2.24) is 14.7 Å². The Morgan fingerprint density at radius 3 is 2.52 bits per heavy atom. The number of benzene rings is 1. The summed E-state index contributed by atoms with van der Waals surface area (Å²) in [5.74, 6) is 1.38. The fraction of sp³-hybridized carbons (Fsp3) is 0.412. The lowest BCUT2D eigenvalue weighted by molar-refractivity contribution is 0.394. The third-order valence-corrected chi connectivity index (χ3v) is 5.83. The number of rotatable bonds is 6. The van der Waals surface area contributed by atoms with Crippen LogP contribution in [-0.2, 0) is 10.0 Å². The molecule has 0 bridgehead atoms. The molecule has 1 aromatic heterocycles. The van der Waals surface area contributed by atoms with Gasteiger partial charge in [-0.1, -0.05) is 12.1 Å². The molecule has 1 fully saturated rings. The van der Waals surface area contributed by atoms with Crippen LogP contribution in [0.1, 0.15) is 12.8 Å². The largest absolute Gasteiger partial charge is 0.495 e. The Morgan fingerprint density at radius 1 is 1.16 bits per heavy atom. The Balaban J connectivity index is 1.56. The molecule has 1 saturated heterocycles. The number of aromatic nitrogens is 2. The molecule has 25 heavy (non-hydrogen) atoms. The van der Waals surface area contributed by atoms with Crippen LogP contribution < -0.4 is 14.4 Å². The summed E-state index contributed by atoms with van der Waals surface area (Å²) in [5, 5.41) is 0. The van der Waals surface area contributed by atoms with Gasteiger partial charge in [0.2, 0.25) is 16.0 Å². The Bertz CT molecular complexity index is 791. The summed E-state index contributed by atoms with van der Waals surface area (Å²) in [6, 6.07) is 8.43. The molecule has 0 aliphatic carbocycles. The van der Waals surface area contributed by atoms with Gasteiger partial charge in [-0.3, -0.25) is 0 Å². The van der Waals surface area contributed by atoms with Crippen molar-refractivity contribution in [2.24, 2.45) is 5.92 Å². The highest BCUT2D eigenvalue weighted by molar-refractivity contribution is 7.89. The van der Waals surface area contributed by atoms with Gasteiger partial charge in [0, 0.05) is 32.0 Å². The molecule has 0 spiro atoms. The number of para-hydroxylation sites is 1. The highest BCUT2D eigenvalue weighted by Gasteiger charge is 2.24. The molecule has 3 rings (SSSR count).